The molecule has 0 spiro atoms. The first-order valence-electron chi connectivity index (χ1n) is 10.9. The molecule has 1 aliphatic heterocycles. The second-order valence-electron chi connectivity index (χ2n) is 7.93. The van der Waals surface area contributed by atoms with Gasteiger partial charge in [-0.05, 0) is 49.6 Å². The van der Waals surface area contributed by atoms with Gasteiger partial charge in [0.25, 0.3) is 0 Å². The molecule has 13 heteroatoms. The summed E-state index contributed by atoms with van der Waals surface area (Å²) >= 11 is 0. The van der Waals surface area contributed by atoms with Gasteiger partial charge in [-0.1, -0.05) is 18.2 Å². The average molecular weight is 521 g/mol. The van der Waals surface area contributed by atoms with Crippen LogP contribution in [0.15, 0.2) is 58.5 Å². The quantitative estimate of drug-likeness (QED) is 0.401. The lowest BCUT2D eigenvalue weighted by atomic mass is 10.2. The number of halogens is 1. The minimum Gasteiger partial charge on any atom is -0.370 e. The molecule has 0 unspecified atom stereocenters. The molecular weight excluding hydrogens is 495 g/mol. The fraction of sp³-hybridized carbons (Fsp3) is 0.273. The number of hydrogen-bond acceptors (Lipinski definition) is 8. The highest BCUT2D eigenvalue weighted by Crippen LogP contribution is 2.22. The van der Waals surface area contributed by atoms with Crippen molar-refractivity contribution in [3.63, 3.8) is 0 Å². The molecule has 0 aliphatic carbocycles. The van der Waals surface area contributed by atoms with Crippen molar-refractivity contribution >= 4 is 37.5 Å². The predicted molar refractivity (Wildman–Crippen MR) is 130 cm³/mol. The number of fused-ring (bicyclic) bond motifs is 4. The van der Waals surface area contributed by atoms with E-state index in [1.165, 1.54) is 37.3 Å². The maximum absolute atomic E-state index is 14.3. The lowest BCUT2D eigenvalue weighted by Crippen LogP contribution is -2.27. The molecule has 0 amide bonds. The summed E-state index contributed by atoms with van der Waals surface area (Å²) in [6.07, 6.45) is 2.31. The minimum absolute atomic E-state index is 0.00236. The topological polar surface area (TPSA) is 142 Å². The summed E-state index contributed by atoms with van der Waals surface area (Å²) in [6, 6.07) is 10.5. The molecule has 0 fully saturated rings. The summed E-state index contributed by atoms with van der Waals surface area (Å²) in [5.74, 6) is -0.0414. The van der Waals surface area contributed by atoms with Crippen molar-refractivity contribution in [3.8, 4) is 0 Å². The Morgan fingerprint density at radius 2 is 1.94 bits per heavy atom. The van der Waals surface area contributed by atoms with Gasteiger partial charge in [0.15, 0.2) is 0 Å². The van der Waals surface area contributed by atoms with Crippen molar-refractivity contribution < 1.29 is 21.2 Å². The third-order valence-electron chi connectivity index (χ3n) is 5.34. The number of aromatic nitrogens is 2. The maximum atomic E-state index is 14.3. The van der Waals surface area contributed by atoms with Crippen LogP contribution in [0.4, 0.5) is 21.8 Å². The molecule has 4 rings (SSSR count). The zero-order valence-electron chi connectivity index (χ0n) is 18.9. The van der Waals surface area contributed by atoms with E-state index in [9.17, 15) is 21.2 Å². The highest BCUT2D eigenvalue weighted by molar-refractivity contribution is 7.89. The molecule has 4 N–H and O–H groups in total. The molecular formula is C22H25FN6O4S2. The fourth-order valence-electron chi connectivity index (χ4n) is 3.48. The average Bonchev–Trinajstić information content (AvgIpc) is 2.81. The van der Waals surface area contributed by atoms with Crippen LogP contribution >= 0.6 is 0 Å². The summed E-state index contributed by atoms with van der Waals surface area (Å²) in [6.45, 7) is 2.15. The molecule has 0 radical (unpaired) electrons. The summed E-state index contributed by atoms with van der Waals surface area (Å²) in [5.41, 5.74) is 1.39. The van der Waals surface area contributed by atoms with E-state index in [4.69, 9.17) is 0 Å². The van der Waals surface area contributed by atoms with Crippen molar-refractivity contribution in [2.24, 2.45) is 0 Å². The second kappa shape index (κ2) is 10.2. The van der Waals surface area contributed by atoms with Crippen LogP contribution < -0.4 is 20.1 Å². The Balaban J connectivity index is 1.52. The molecule has 0 saturated heterocycles. The van der Waals surface area contributed by atoms with E-state index in [0.29, 0.717) is 30.0 Å². The molecule has 0 atom stereocenters. The van der Waals surface area contributed by atoms with Gasteiger partial charge in [-0.25, -0.2) is 35.7 Å². The van der Waals surface area contributed by atoms with E-state index in [1.807, 2.05) is 0 Å². The summed E-state index contributed by atoms with van der Waals surface area (Å²) < 4.78 is 69.4. The monoisotopic (exact) mass is 520 g/mol. The van der Waals surface area contributed by atoms with Crippen LogP contribution in [0.1, 0.15) is 17.5 Å². The molecule has 3 aromatic rings. The number of aryl methyl sites for hydroxylation is 1. The Morgan fingerprint density at radius 3 is 2.77 bits per heavy atom. The molecule has 1 aliphatic rings. The van der Waals surface area contributed by atoms with Gasteiger partial charge in [-0.3, -0.25) is 0 Å². The highest BCUT2D eigenvalue weighted by Gasteiger charge is 2.20. The lowest BCUT2D eigenvalue weighted by molar-refractivity contribution is 0.553. The molecule has 2 aromatic carbocycles. The summed E-state index contributed by atoms with van der Waals surface area (Å²) in [4.78, 5) is 8.50. The first-order valence-corrected chi connectivity index (χ1v) is 13.8. The van der Waals surface area contributed by atoms with Crippen molar-refractivity contribution in [1.29, 1.82) is 0 Å². The molecule has 1 aromatic heterocycles. The zero-order chi connectivity index (χ0) is 25.1. The van der Waals surface area contributed by atoms with E-state index in [-0.39, 0.29) is 35.9 Å². The number of nitrogens with zero attached hydrogens (tertiary/aromatic N) is 2. The van der Waals surface area contributed by atoms with Crippen LogP contribution in [-0.2, 0) is 26.5 Å². The van der Waals surface area contributed by atoms with E-state index >= 15 is 0 Å². The SMILES string of the molecule is Cc1cccc(S(=O)(=O)NCCc2cnc3nc2NCCCNS(=O)(=O)c2cccc(c2)N3)c1F. The van der Waals surface area contributed by atoms with Gasteiger partial charge in [-0.2, -0.15) is 4.98 Å². The fourth-order valence-corrected chi connectivity index (χ4v) is 5.78. The van der Waals surface area contributed by atoms with Crippen molar-refractivity contribution in [2.45, 2.75) is 29.6 Å². The predicted octanol–water partition coefficient (Wildman–Crippen LogP) is 2.28. The number of benzene rings is 2. The summed E-state index contributed by atoms with van der Waals surface area (Å²) in [5, 5.41) is 6.15. The van der Waals surface area contributed by atoms with Crippen LogP contribution in [0.3, 0.4) is 0 Å². The third kappa shape index (κ3) is 5.93. The Hall–Kier alpha value is -3.13. The van der Waals surface area contributed by atoms with Gasteiger partial charge < -0.3 is 10.6 Å². The minimum atomic E-state index is -4.04. The van der Waals surface area contributed by atoms with Crippen LogP contribution in [0.5, 0.6) is 0 Å². The van der Waals surface area contributed by atoms with Crippen LogP contribution in [0.2, 0.25) is 0 Å². The van der Waals surface area contributed by atoms with E-state index in [0.717, 1.165) is 0 Å². The zero-order valence-corrected chi connectivity index (χ0v) is 20.5. The number of sulfonamides is 2. The molecule has 186 valence electrons. The first-order chi connectivity index (χ1) is 16.7. The Kier molecular flexibility index (Phi) is 7.31. The number of hydrogen-bond donors (Lipinski definition) is 4. The van der Waals surface area contributed by atoms with Gasteiger partial charge in [0.2, 0.25) is 26.0 Å². The Morgan fingerprint density at radius 1 is 1.14 bits per heavy atom. The molecule has 4 bridgehead atoms. The van der Waals surface area contributed by atoms with Gasteiger partial charge in [0, 0.05) is 37.1 Å². The van der Waals surface area contributed by atoms with Gasteiger partial charge >= 0.3 is 0 Å². The number of rotatable bonds is 5. The number of nitrogens with one attached hydrogen (secondary N) is 4. The number of anilines is 3. The maximum Gasteiger partial charge on any atom is 0.243 e. The molecule has 10 nitrogen and oxygen atoms in total. The van der Waals surface area contributed by atoms with Crippen LogP contribution in [0, 0.1) is 12.7 Å². The smallest absolute Gasteiger partial charge is 0.243 e. The van der Waals surface area contributed by atoms with E-state index in [1.54, 1.807) is 18.3 Å². The van der Waals surface area contributed by atoms with Gasteiger partial charge in [-0.15, -0.1) is 0 Å². The Bertz CT molecular complexity index is 1450. The van der Waals surface area contributed by atoms with Crippen molar-refractivity contribution in [3.05, 3.63) is 65.6 Å². The Labute approximate surface area is 203 Å². The molecule has 0 saturated carbocycles. The first kappa shape index (κ1) is 25.0. The van der Waals surface area contributed by atoms with Crippen molar-refractivity contribution in [2.75, 3.05) is 30.3 Å². The molecule has 35 heavy (non-hydrogen) atoms. The largest absolute Gasteiger partial charge is 0.370 e. The van der Waals surface area contributed by atoms with Crippen LogP contribution in [0.25, 0.3) is 0 Å². The summed E-state index contributed by atoms with van der Waals surface area (Å²) in [7, 11) is -7.69. The van der Waals surface area contributed by atoms with Crippen LogP contribution in [-0.4, -0.2) is 46.4 Å². The third-order valence-corrected chi connectivity index (χ3v) is 8.27. The van der Waals surface area contributed by atoms with Gasteiger partial charge in [0.1, 0.15) is 16.5 Å². The van der Waals surface area contributed by atoms with E-state index in [2.05, 4.69) is 30.0 Å². The normalized spacial score (nSPS) is 15.6. The highest BCUT2D eigenvalue weighted by atomic mass is 32.2. The molecule has 2 heterocycles. The van der Waals surface area contributed by atoms with E-state index < -0.39 is 30.8 Å². The second-order valence-corrected chi connectivity index (χ2v) is 11.4. The van der Waals surface area contributed by atoms with Crippen molar-refractivity contribution in [1.82, 2.24) is 19.4 Å². The standard InChI is InChI=1S/C22H25FN6O4S2/c1-15-5-2-8-19(20(15)23)35(32,33)27-12-9-16-14-25-22-28-17-6-3-7-18(13-17)34(30,31)26-11-4-10-24-21(16)29-22/h2-3,5-8,13-14,26-27H,4,9-12H2,1H3,(H2,24,25,28,29). The van der Waals surface area contributed by atoms with Gasteiger partial charge in [0.05, 0.1) is 4.90 Å². The lowest BCUT2D eigenvalue weighted by Gasteiger charge is -2.14.